The van der Waals surface area contributed by atoms with Crippen LogP contribution in [0.15, 0.2) is 48.5 Å². The summed E-state index contributed by atoms with van der Waals surface area (Å²) in [5.41, 5.74) is 1.78. The van der Waals surface area contributed by atoms with Crippen molar-refractivity contribution in [2.45, 2.75) is 38.0 Å². The zero-order valence-electron chi connectivity index (χ0n) is 17.3. The Labute approximate surface area is 192 Å². The number of nitrogens with zero attached hydrogens (tertiary/aromatic N) is 1. The molecule has 166 valence electrons. The topological polar surface area (TPSA) is 78.9 Å². The zero-order chi connectivity index (χ0) is 22.4. The van der Waals surface area contributed by atoms with E-state index in [4.69, 9.17) is 33.0 Å². The van der Waals surface area contributed by atoms with E-state index in [0.29, 0.717) is 16.5 Å². The van der Waals surface area contributed by atoms with E-state index in [-0.39, 0.29) is 25.1 Å². The van der Waals surface area contributed by atoms with Crippen molar-refractivity contribution < 1.29 is 19.4 Å². The van der Waals surface area contributed by atoms with Crippen LogP contribution < -0.4 is 5.32 Å². The Hall–Kier alpha value is -2.12. The van der Waals surface area contributed by atoms with Crippen LogP contribution in [0.3, 0.4) is 0 Å². The maximum Gasteiger partial charge on any atom is 0.249 e. The summed E-state index contributed by atoms with van der Waals surface area (Å²) >= 11 is 12.2. The van der Waals surface area contributed by atoms with Gasteiger partial charge >= 0.3 is 0 Å². The van der Waals surface area contributed by atoms with Crippen LogP contribution in [0.4, 0.5) is 0 Å². The molecule has 2 aromatic rings. The van der Waals surface area contributed by atoms with E-state index in [0.717, 1.165) is 17.5 Å². The van der Waals surface area contributed by atoms with Gasteiger partial charge in [0.15, 0.2) is 0 Å². The van der Waals surface area contributed by atoms with Crippen molar-refractivity contribution >= 4 is 35.0 Å². The Morgan fingerprint density at radius 1 is 1.13 bits per heavy atom. The van der Waals surface area contributed by atoms with Gasteiger partial charge in [-0.05, 0) is 41.8 Å². The van der Waals surface area contributed by atoms with E-state index in [1.807, 2.05) is 36.1 Å². The summed E-state index contributed by atoms with van der Waals surface area (Å²) in [6, 6.07) is 14.1. The normalized spacial score (nSPS) is 19.9. The average Bonchev–Trinajstić information content (AvgIpc) is 2.77. The number of amides is 2. The van der Waals surface area contributed by atoms with Crippen LogP contribution in [0, 0.1) is 0 Å². The lowest BCUT2D eigenvalue weighted by molar-refractivity contribution is -0.163. The lowest BCUT2D eigenvalue weighted by Crippen LogP contribution is -2.54. The molecule has 3 rings (SSSR count). The summed E-state index contributed by atoms with van der Waals surface area (Å²) in [5, 5.41) is 13.0. The number of hydrogen-bond donors (Lipinski definition) is 2. The molecular formula is C23H26Cl2N2O4. The molecule has 1 heterocycles. The standard InChI is InChI=1S/C23H26Cl2N2O4/c1-2-3-19(12-26-20(29)13-28)27-21(30)14-31-23(16-6-10-18(25)11-7-16)22(27)15-4-8-17(24)9-5-15/h4-11,19,22-23,28H,2-3,12-14H2,1H3,(H,26,29)/t19-,22+,23-/m0/s1. The highest BCUT2D eigenvalue weighted by atomic mass is 35.5. The van der Waals surface area contributed by atoms with Crippen LogP contribution in [0.1, 0.15) is 43.0 Å². The molecule has 2 aromatic carbocycles. The minimum atomic E-state index is -0.593. The van der Waals surface area contributed by atoms with Gasteiger partial charge in [-0.1, -0.05) is 60.8 Å². The summed E-state index contributed by atoms with van der Waals surface area (Å²) in [7, 11) is 0. The molecule has 1 saturated heterocycles. The molecular weight excluding hydrogens is 439 g/mol. The van der Waals surface area contributed by atoms with Crippen LogP contribution in [0.2, 0.25) is 10.0 Å². The largest absolute Gasteiger partial charge is 0.387 e. The van der Waals surface area contributed by atoms with Gasteiger partial charge in [-0.2, -0.15) is 0 Å². The summed E-state index contributed by atoms with van der Waals surface area (Å²) in [5.74, 6) is -0.624. The highest BCUT2D eigenvalue weighted by Gasteiger charge is 2.41. The Balaban J connectivity index is 2.03. The molecule has 2 amide bonds. The molecule has 2 N–H and O–H groups in total. The number of morpholine rings is 1. The van der Waals surface area contributed by atoms with Crippen molar-refractivity contribution in [3.8, 4) is 0 Å². The molecule has 1 fully saturated rings. The van der Waals surface area contributed by atoms with Gasteiger partial charge in [-0.25, -0.2) is 0 Å². The number of carbonyl (C=O) groups excluding carboxylic acids is 2. The van der Waals surface area contributed by atoms with Crippen LogP contribution in [0.25, 0.3) is 0 Å². The second-order valence-electron chi connectivity index (χ2n) is 7.49. The van der Waals surface area contributed by atoms with E-state index in [1.165, 1.54) is 0 Å². The number of benzene rings is 2. The maximum absolute atomic E-state index is 13.1. The fourth-order valence-electron chi connectivity index (χ4n) is 3.95. The van der Waals surface area contributed by atoms with Gasteiger partial charge < -0.3 is 20.1 Å². The molecule has 31 heavy (non-hydrogen) atoms. The number of ether oxygens (including phenoxy) is 1. The fraction of sp³-hybridized carbons (Fsp3) is 0.391. The Bertz CT molecular complexity index is 889. The van der Waals surface area contributed by atoms with Gasteiger partial charge in [0.05, 0.1) is 6.04 Å². The third-order valence-corrected chi connectivity index (χ3v) is 5.87. The zero-order valence-corrected chi connectivity index (χ0v) is 18.8. The van der Waals surface area contributed by atoms with Crippen molar-refractivity contribution in [3.63, 3.8) is 0 Å². The number of rotatable bonds is 8. The minimum absolute atomic E-state index is 0.0639. The molecule has 6 nitrogen and oxygen atoms in total. The number of hydrogen-bond acceptors (Lipinski definition) is 4. The molecule has 0 radical (unpaired) electrons. The summed E-state index contributed by atoms with van der Waals surface area (Å²) in [4.78, 5) is 26.6. The second kappa shape index (κ2) is 11.0. The van der Waals surface area contributed by atoms with Gasteiger partial charge in [-0.15, -0.1) is 0 Å². The van der Waals surface area contributed by atoms with E-state index in [1.54, 1.807) is 24.3 Å². The van der Waals surface area contributed by atoms with Crippen LogP contribution in [0.5, 0.6) is 0 Å². The summed E-state index contributed by atoms with van der Waals surface area (Å²) in [6.07, 6.45) is 1.10. The molecule has 3 atom stereocenters. The summed E-state index contributed by atoms with van der Waals surface area (Å²) < 4.78 is 6.02. The van der Waals surface area contributed by atoms with Crippen molar-refractivity contribution in [2.75, 3.05) is 19.8 Å². The number of nitrogens with one attached hydrogen (secondary N) is 1. The summed E-state index contributed by atoms with van der Waals surface area (Å²) in [6.45, 7) is 1.62. The molecule has 8 heteroatoms. The van der Waals surface area contributed by atoms with Crippen molar-refractivity contribution in [1.82, 2.24) is 10.2 Å². The maximum atomic E-state index is 13.1. The van der Waals surface area contributed by atoms with E-state index >= 15 is 0 Å². The molecule has 0 bridgehead atoms. The van der Waals surface area contributed by atoms with E-state index in [2.05, 4.69) is 5.32 Å². The van der Waals surface area contributed by atoms with Gasteiger partial charge in [0.1, 0.15) is 19.3 Å². The minimum Gasteiger partial charge on any atom is -0.387 e. The highest BCUT2D eigenvalue weighted by molar-refractivity contribution is 6.30. The van der Waals surface area contributed by atoms with Crippen molar-refractivity contribution in [2.24, 2.45) is 0 Å². The molecule has 0 saturated carbocycles. The SMILES string of the molecule is CCC[C@@H](CNC(=O)CO)N1C(=O)CO[C@@H](c2ccc(Cl)cc2)[C@H]1c1ccc(Cl)cc1. The highest BCUT2D eigenvalue weighted by Crippen LogP contribution is 2.42. The first-order valence-corrected chi connectivity index (χ1v) is 11.0. The number of aliphatic hydroxyl groups is 1. The number of aliphatic hydroxyl groups excluding tert-OH is 1. The number of carbonyl (C=O) groups is 2. The Morgan fingerprint density at radius 2 is 1.71 bits per heavy atom. The number of halogens is 2. The first-order chi connectivity index (χ1) is 14.9. The Morgan fingerprint density at radius 3 is 2.26 bits per heavy atom. The predicted octanol–water partition coefficient (Wildman–Crippen LogP) is 3.91. The molecule has 0 unspecified atom stereocenters. The molecule has 1 aliphatic rings. The van der Waals surface area contributed by atoms with Crippen molar-refractivity contribution in [1.29, 1.82) is 0 Å². The lowest BCUT2D eigenvalue weighted by Gasteiger charge is -2.45. The fourth-order valence-corrected chi connectivity index (χ4v) is 4.20. The van der Waals surface area contributed by atoms with Gasteiger partial charge in [0, 0.05) is 22.6 Å². The smallest absolute Gasteiger partial charge is 0.249 e. The second-order valence-corrected chi connectivity index (χ2v) is 8.36. The Kier molecular flexibility index (Phi) is 8.32. The lowest BCUT2D eigenvalue weighted by atomic mass is 9.90. The van der Waals surface area contributed by atoms with Gasteiger partial charge in [0.2, 0.25) is 11.8 Å². The van der Waals surface area contributed by atoms with Crippen LogP contribution in [-0.4, -0.2) is 47.6 Å². The molecule has 0 aliphatic carbocycles. The molecule has 0 aromatic heterocycles. The predicted molar refractivity (Wildman–Crippen MR) is 120 cm³/mol. The van der Waals surface area contributed by atoms with Crippen LogP contribution in [-0.2, 0) is 14.3 Å². The van der Waals surface area contributed by atoms with E-state index in [9.17, 15) is 9.59 Å². The third kappa shape index (κ3) is 5.77. The molecule has 1 aliphatic heterocycles. The monoisotopic (exact) mass is 464 g/mol. The van der Waals surface area contributed by atoms with E-state index < -0.39 is 24.7 Å². The van der Waals surface area contributed by atoms with Crippen molar-refractivity contribution in [3.05, 3.63) is 69.7 Å². The van der Waals surface area contributed by atoms with Crippen LogP contribution >= 0.6 is 23.2 Å². The first-order valence-electron chi connectivity index (χ1n) is 10.3. The quantitative estimate of drug-likeness (QED) is 0.620. The van der Waals surface area contributed by atoms with Gasteiger partial charge in [0.25, 0.3) is 0 Å². The molecule has 0 spiro atoms. The van der Waals surface area contributed by atoms with Gasteiger partial charge in [-0.3, -0.25) is 9.59 Å². The first kappa shape index (κ1) is 23.5. The average molecular weight is 465 g/mol. The third-order valence-electron chi connectivity index (χ3n) is 5.36.